The van der Waals surface area contributed by atoms with Crippen molar-refractivity contribution in [1.82, 2.24) is 10.2 Å². The number of carbonyl (C=O) groups is 2. The van der Waals surface area contributed by atoms with Gasteiger partial charge in [-0.15, -0.1) is 0 Å². The lowest BCUT2D eigenvalue weighted by Gasteiger charge is -2.37. The Balaban J connectivity index is 0.000000516. The summed E-state index contributed by atoms with van der Waals surface area (Å²) in [5.41, 5.74) is -0.0329. The molecule has 1 unspecified atom stereocenters. The van der Waals surface area contributed by atoms with Crippen LogP contribution in [0.2, 0.25) is 0 Å². The summed E-state index contributed by atoms with van der Waals surface area (Å²) in [6.45, 7) is -0.157. The normalized spacial score (nSPS) is 17.2. The van der Waals surface area contributed by atoms with Gasteiger partial charge < -0.3 is 20.1 Å². The van der Waals surface area contributed by atoms with Gasteiger partial charge in [0.05, 0.1) is 13.5 Å². The van der Waals surface area contributed by atoms with Crippen LogP contribution >= 0.6 is 0 Å². The molecule has 164 valence electrons. The van der Waals surface area contributed by atoms with E-state index in [9.17, 15) is 35.5 Å². The maximum atomic E-state index is 13.8. The molecule has 13 heteroatoms. The van der Waals surface area contributed by atoms with E-state index in [1.807, 2.05) is 0 Å². The van der Waals surface area contributed by atoms with Crippen LogP contribution in [-0.2, 0) is 16.0 Å². The Labute approximate surface area is 160 Å². The molecule has 1 aromatic rings. The molecule has 29 heavy (non-hydrogen) atoms. The minimum Gasteiger partial charge on any atom is -0.496 e. The number of nitrogens with zero attached hydrogens (tertiary/aromatic N) is 1. The molecule has 0 spiro atoms. The third-order valence-electron chi connectivity index (χ3n) is 3.81. The zero-order valence-corrected chi connectivity index (χ0v) is 14.9. The van der Waals surface area contributed by atoms with E-state index in [2.05, 4.69) is 5.32 Å². The summed E-state index contributed by atoms with van der Waals surface area (Å²) in [5.74, 6) is -4.06. The van der Waals surface area contributed by atoms with E-state index in [-0.39, 0.29) is 30.9 Å². The van der Waals surface area contributed by atoms with Crippen molar-refractivity contribution >= 4 is 11.9 Å². The number of amides is 1. The van der Waals surface area contributed by atoms with Crippen molar-refractivity contribution in [2.45, 2.75) is 24.8 Å². The molecular formula is C16H17F7N2O4. The van der Waals surface area contributed by atoms with E-state index in [1.54, 1.807) is 0 Å². The third-order valence-corrected chi connectivity index (χ3v) is 3.81. The number of ether oxygens (including phenoxy) is 1. The van der Waals surface area contributed by atoms with E-state index < -0.39 is 42.5 Å². The van der Waals surface area contributed by atoms with Gasteiger partial charge in [0.15, 0.2) is 0 Å². The van der Waals surface area contributed by atoms with Crippen LogP contribution in [0.25, 0.3) is 0 Å². The Morgan fingerprint density at radius 3 is 2.31 bits per heavy atom. The van der Waals surface area contributed by atoms with Crippen LogP contribution in [0.5, 0.6) is 5.75 Å². The van der Waals surface area contributed by atoms with Gasteiger partial charge in [0.1, 0.15) is 17.6 Å². The molecule has 0 saturated carbocycles. The second-order valence-electron chi connectivity index (χ2n) is 5.75. The predicted octanol–water partition coefficient (Wildman–Crippen LogP) is 2.37. The SMILES string of the molecule is COc1cccc(F)c1CC(=O)N1CCNCC1C(F)(F)F.O=C(O)C(F)(F)F. The highest BCUT2D eigenvalue weighted by Gasteiger charge is 2.46. The van der Waals surface area contributed by atoms with Crippen molar-refractivity contribution < 1.29 is 50.2 Å². The lowest BCUT2D eigenvalue weighted by atomic mass is 10.1. The van der Waals surface area contributed by atoms with Gasteiger partial charge in [-0.2, -0.15) is 26.3 Å². The highest BCUT2D eigenvalue weighted by atomic mass is 19.4. The van der Waals surface area contributed by atoms with Gasteiger partial charge in [-0.05, 0) is 12.1 Å². The van der Waals surface area contributed by atoms with Crippen molar-refractivity contribution in [3.05, 3.63) is 29.6 Å². The predicted molar refractivity (Wildman–Crippen MR) is 84.8 cm³/mol. The van der Waals surface area contributed by atoms with Crippen LogP contribution < -0.4 is 10.1 Å². The summed E-state index contributed by atoms with van der Waals surface area (Å²) in [7, 11) is 1.31. The number of carboxylic acid groups (broad SMARTS) is 1. The van der Waals surface area contributed by atoms with Crippen LogP contribution in [0.4, 0.5) is 30.7 Å². The summed E-state index contributed by atoms with van der Waals surface area (Å²) in [6, 6.07) is 2.12. The highest BCUT2D eigenvalue weighted by Crippen LogP contribution is 2.28. The molecule has 1 atom stereocenters. The number of piperazine rings is 1. The molecule has 0 aliphatic carbocycles. The zero-order chi connectivity index (χ0) is 22.4. The first kappa shape index (κ1) is 24.5. The van der Waals surface area contributed by atoms with Crippen LogP contribution in [0, 0.1) is 5.82 Å². The van der Waals surface area contributed by atoms with Gasteiger partial charge in [0, 0.05) is 25.2 Å². The first-order valence-corrected chi connectivity index (χ1v) is 7.97. The van der Waals surface area contributed by atoms with E-state index in [4.69, 9.17) is 14.6 Å². The molecule has 0 aromatic heterocycles. The van der Waals surface area contributed by atoms with Crippen LogP contribution in [0.15, 0.2) is 18.2 Å². The number of carboxylic acids is 1. The molecule has 6 nitrogen and oxygen atoms in total. The second-order valence-corrected chi connectivity index (χ2v) is 5.75. The molecule has 0 radical (unpaired) electrons. The number of aliphatic carboxylic acids is 1. The maximum Gasteiger partial charge on any atom is 0.490 e. The molecule has 1 aliphatic rings. The van der Waals surface area contributed by atoms with Crippen LogP contribution in [0.3, 0.4) is 0 Å². The summed E-state index contributed by atoms with van der Waals surface area (Å²) >= 11 is 0. The summed E-state index contributed by atoms with van der Waals surface area (Å²) < 4.78 is 89.5. The minimum absolute atomic E-state index is 0.0329. The molecule has 1 saturated heterocycles. The average Bonchev–Trinajstić information content (AvgIpc) is 2.62. The largest absolute Gasteiger partial charge is 0.496 e. The maximum absolute atomic E-state index is 13.8. The van der Waals surface area contributed by atoms with E-state index in [0.717, 1.165) is 11.0 Å². The van der Waals surface area contributed by atoms with Crippen LogP contribution in [-0.4, -0.2) is 67.0 Å². The van der Waals surface area contributed by atoms with Crippen LogP contribution in [0.1, 0.15) is 5.56 Å². The van der Waals surface area contributed by atoms with E-state index in [0.29, 0.717) is 0 Å². The smallest absolute Gasteiger partial charge is 0.490 e. The number of carbonyl (C=O) groups excluding carboxylic acids is 1. The fourth-order valence-corrected chi connectivity index (χ4v) is 2.45. The van der Waals surface area contributed by atoms with Crippen molar-refractivity contribution in [2.75, 3.05) is 26.7 Å². The molecule has 1 fully saturated rings. The molecule has 1 aromatic carbocycles. The number of hydrogen-bond donors (Lipinski definition) is 2. The Hall–Kier alpha value is -2.57. The van der Waals surface area contributed by atoms with Gasteiger partial charge >= 0.3 is 18.3 Å². The Morgan fingerprint density at radius 2 is 1.83 bits per heavy atom. The van der Waals surface area contributed by atoms with Crippen molar-refractivity contribution in [1.29, 1.82) is 0 Å². The fraction of sp³-hybridized carbons (Fsp3) is 0.500. The Morgan fingerprint density at radius 1 is 1.24 bits per heavy atom. The fourth-order valence-electron chi connectivity index (χ4n) is 2.45. The van der Waals surface area contributed by atoms with Crippen molar-refractivity contribution in [3.8, 4) is 5.75 Å². The quantitative estimate of drug-likeness (QED) is 0.715. The summed E-state index contributed by atoms with van der Waals surface area (Å²) in [4.78, 5) is 21.9. The molecule has 1 heterocycles. The zero-order valence-electron chi connectivity index (χ0n) is 14.9. The molecule has 2 rings (SSSR count). The second kappa shape index (κ2) is 9.76. The number of nitrogens with one attached hydrogen (secondary N) is 1. The topological polar surface area (TPSA) is 78.9 Å². The van der Waals surface area contributed by atoms with Gasteiger partial charge in [0.2, 0.25) is 5.91 Å². The summed E-state index contributed by atoms with van der Waals surface area (Å²) in [5, 5.41) is 9.74. The Bertz CT molecular complexity index is 722. The molecular weight excluding hydrogens is 417 g/mol. The average molecular weight is 434 g/mol. The van der Waals surface area contributed by atoms with Crippen molar-refractivity contribution in [2.24, 2.45) is 0 Å². The van der Waals surface area contributed by atoms with Gasteiger partial charge in [0.25, 0.3) is 0 Å². The first-order chi connectivity index (χ1) is 13.3. The molecule has 1 aliphatic heterocycles. The highest BCUT2D eigenvalue weighted by molar-refractivity contribution is 5.80. The molecule has 1 amide bonds. The standard InChI is InChI=1S/C14H16F4N2O2.C2HF3O2/c1-22-11-4-2-3-10(15)9(11)7-13(21)20-6-5-19-8-12(20)14(16,17)18;3-2(4,5)1(6)7/h2-4,12,19H,5-8H2,1H3;(H,6,7). The van der Waals surface area contributed by atoms with E-state index >= 15 is 0 Å². The number of benzene rings is 1. The minimum atomic E-state index is -5.08. The lowest BCUT2D eigenvalue weighted by Crippen LogP contribution is -2.59. The molecule has 2 N–H and O–H groups in total. The molecule has 0 bridgehead atoms. The number of hydrogen-bond acceptors (Lipinski definition) is 4. The number of alkyl halides is 6. The third kappa shape index (κ3) is 7.07. The van der Waals surface area contributed by atoms with Gasteiger partial charge in [-0.25, -0.2) is 9.18 Å². The van der Waals surface area contributed by atoms with Crippen molar-refractivity contribution in [3.63, 3.8) is 0 Å². The number of rotatable bonds is 3. The lowest BCUT2D eigenvalue weighted by molar-refractivity contribution is -0.192. The Kier molecular flexibility index (Phi) is 8.24. The number of halogens is 7. The first-order valence-electron chi connectivity index (χ1n) is 7.97. The van der Waals surface area contributed by atoms with Gasteiger partial charge in [-0.3, -0.25) is 4.79 Å². The number of methoxy groups -OCH3 is 1. The van der Waals surface area contributed by atoms with Gasteiger partial charge in [-0.1, -0.05) is 6.07 Å². The van der Waals surface area contributed by atoms with E-state index in [1.165, 1.54) is 19.2 Å². The monoisotopic (exact) mass is 434 g/mol. The summed E-state index contributed by atoms with van der Waals surface area (Å²) in [6.07, 6.45) is -10.1.